The van der Waals surface area contributed by atoms with E-state index in [-0.39, 0.29) is 5.82 Å². The van der Waals surface area contributed by atoms with Crippen molar-refractivity contribution in [3.63, 3.8) is 0 Å². The third-order valence-electron chi connectivity index (χ3n) is 4.79. The van der Waals surface area contributed by atoms with E-state index in [4.69, 9.17) is 4.42 Å². The van der Waals surface area contributed by atoms with Gasteiger partial charge in [-0.15, -0.1) is 11.3 Å². The number of oxazole rings is 1. The summed E-state index contributed by atoms with van der Waals surface area (Å²) in [6.07, 6.45) is 5.03. The second-order valence-corrected chi connectivity index (χ2v) is 7.62. The predicted octanol–water partition coefficient (Wildman–Crippen LogP) is 5.00. The largest absolute Gasteiger partial charge is 0.444 e. The maximum absolute atomic E-state index is 13.3. The van der Waals surface area contributed by atoms with Crippen LogP contribution in [0.4, 0.5) is 4.39 Å². The molecule has 0 aliphatic carbocycles. The Morgan fingerprint density at radius 3 is 2.84 bits per heavy atom. The molecule has 3 nitrogen and oxygen atoms in total. The first kappa shape index (κ1) is 16.5. The van der Waals surface area contributed by atoms with Crippen molar-refractivity contribution >= 4 is 11.3 Å². The van der Waals surface area contributed by atoms with Crippen LogP contribution in [0, 0.1) is 11.7 Å². The molecule has 0 saturated carbocycles. The maximum Gasteiger partial charge on any atom is 0.236 e. The number of halogens is 1. The molecule has 0 bridgehead atoms. The number of likely N-dealkylation sites (tertiary alicyclic amines) is 1. The average molecular weight is 356 g/mol. The molecule has 5 heteroatoms. The normalized spacial score (nSPS) is 16.4. The summed E-state index contributed by atoms with van der Waals surface area (Å²) in [5, 5.41) is 2.03. The van der Waals surface area contributed by atoms with Crippen LogP contribution in [0.3, 0.4) is 0 Å². The second-order valence-electron chi connectivity index (χ2n) is 6.67. The first-order valence-electron chi connectivity index (χ1n) is 8.71. The van der Waals surface area contributed by atoms with Crippen LogP contribution in [0.5, 0.6) is 0 Å². The molecule has 3 aromatic rings. The van der Waals surface area contributed by atoms with Gasteiger partial charge in [0.2, 0.25) is 5.89 Å². The third kappa shape index (κ3) is 4.17. The van der Waals surface area contributed by atoms with Crippen molar-refractivity contribution in [3.05, 3.63) is 65.1 Å². The Morgan fingerprint density at radius 2 is 2.08 bits per heavy atom. The molecule has 4 rings (SSSR count). The zero-order chi connectivity index (χ0) is 17.1. The second kappa shape index (κ2) is 7.50. The average Bonchev–Trinajstić information content (AvgIpc) is 3.28. The van der Waals surface area contributed by atoms with Gasteiger partial charge in [0.1, 0.15) is 12.1 Å². The molecule has 3 heterocycles. The minimum atomic E-state index is -0.137. The molecule has 0 N–H and O–H groups in total. The lowest BCUT2D eigenvalue weighted by Gasteiger charge is -2.31. The predicted molar refractivity (Wildman–Crippen MR) is 97.9 cm³/mol. The monoisotopic (exact) mass is 356 g/mol. The Balaban J connectivity index is 1.29. The van der Waals surface area contributed by atoms with Gasteiger partial charge in [-0.2, -0.15) is 0 Å². The van der Waals surface area contributed by atoms with Crippen molar-refractivity contribution in [3.8, 4) is 10.8 Å². The van der Waals surface area contributed by atoms with E-state index in [0.717, 1.165) is 55.0 Å². The Kier molecular flexibility index (Phi) is 4.95. The molecule has 25 heavy (non-hydrogen) atoms. The van der Waals surface area contributed by atoms with Gasteiger partial charge in [-0.1, -0.05) is 18.2 Å². The summed E-state index contributed by atoms with van der Waals surface area (Å²) in [6, 6.07) is 11.0. The fraction of sp³-hybridized carbons (Fsp3) is 0.350. The summed E-state index contributed by atoms with van der Waals surface area (Å²) < 4.78 is 18.9. The molecule has 2 aromatic heterocycles. The van der Waals surface area contributed by atoms with Crippen molar-refractivity contribution in [1.29, 1.82) is 0 Å². The Bertz CT molecular complexity index is 807. The summed E-state index contributed by atoms with van der Waals surface area (Å²) in [7, 11) is 0. The van der Waals surface area contributed by atoms with Crippen LogP contribution in [0.1, 0.15) is 24.1 Å². The smallest absolute Gasteiger partial charge is 0.236 e. The summed E-state index contributed by atoms with van der Waals surface area (Å²) in [4.78, 5) is 8.10. The minimum absolute atomic E-state index is 0.137. The van der Waals surface area contributed by atoms with Crippen molar-refractivity contribution in [2.45, 2.75) is 25.8 Å². The summed E-state index contributed by atoms with van der Waals surface area (Å²) in [5.74, 6) is 1.21. The Labute approximate surface area is 151 Å². The van der Waals surface area contributed by atoms with Crippen LogP contribution >= 0.6 is 11.3 Å². The number of benzene rings is 1. The van der Waals surface area contributed by atoms with Crippen molar-refractivity contribution < 1.29 is 8.81 Å². The molecule has 1 aromatic carbocycles. The molecule has 0 radical (unpaired) electrons. The van der Waals surface area contributed by atoms with Crippen molar-refractivity contribution in [2.75, 3.05) is 13.1 Å². The molecule has 1 saturated heterocycles. The first-order valence-corrected chi connectivity index (χ1v) is 9.59. The van der Waals surface area contributed by atoms with E-state index in [1.807, 2.05) is 23.6 Å². The van der Waals surface area contributed by atoms with Crippen LogP contribution in [0.25, 0.3) is 10.8 Å². The van der Waals surface area contributed by atoms with Crippen molar-refractivity contribution in [1.82, 2.24) is 9.88 Å². The van der Waals surface area contributed by atoms with Crippen molar-refractivity contribution in [2.24, 2.45) is 5.92 Å². The summed E-state index contributed by atoms with van der Waals surface area (Å²) in [6.45, 7) is 2.95. The number of rotatable bonds is 5. The highest BCUT2D eigenvalue weighted by molar-refractivity contribution is 7.13. The molecule has 0 amide bonds. The van der Waals surface area contributed by atoms with Gasteiger partial charge >= 0.3 is 0 Å². The van der Waals surface area contributed by atoms with Gasteiger partial charge in [-0.05, 0) is 67.4 Å². The fourth-order valence-corrected chi connectivity index (χ4v) is 4.12. The van der Waals surface area contributed by atoms with E-state index in [2.05, 4.69) is 9.88 Å². The van der Waals surface area contributed by atoms with Gasteiger partial charge < -0.3 is 4.42 Å². The molecule has 130 valence electrons. The fourth-order valence-electron chi connectivity index (χ4n) is 3.47. The van der Waals surface area contributed by atoms with E-state index in [1.165, 1.54) is 6.07 Å². The van der Waals surface area contributed by atoms with E-state index in [9.17, 15) is 4.39 Å². The molecular weight excluding hydrogens is 335 g/mol. The molecule has 0 atom stereocenters. The summed E-state index contributed by atoms with van der Waals surface area (Å²) in [5.41, 5.74) is 2.10. The molecule has 1 aliphatic rings. The lowest BCUT2D eigenvalue weighted by atomic mass is 9.90. The van der Waals surface area contributed by atoms with Crippen LogP contribution in [0.15, 0.2) is 52.5 Å². The highest BCUT2D eigenvalue weighted by Gasteiger charge is 2.21. The topological polar surface area (TPSA) is 29.3 Å². The summed E-state index contributed by atoms with van der Waals surface area (Å²) >= 11 is 1.64. The van der Waals surface area contributed by atoms with Gasteiger partial charge in [0.05, 0.1) is 10.6 Å². The first-order chi connectivity index (χ1) is 12.3. The number of hydrogen-bond donors (Lipinski definition) is 0. The van der Waals surface area contributed by atoms with E-state index >= 15 is 0 Å². The molecule has 1 fully saturated rings. The van der Waals surface area contributed by atoms with Gasteiger partial charge in [0.25, 0.3) is 0 Å². The Morgan fingerprint density at radius 1 is 1.20 bits per heavy atom. The van der Waals surface area contributed by atoms with Gasteiger partial charge in [-0.25, -0.2) is 9.37 Å². The molecule has 1 aliphatic heterocycles. The van der Waals surface area contributed by atoms with E-state index in [1.54, 1.807) is 29.7 Å². The molecular formula is C20H21FN2OS. The highest BCUT2D eigenvalue weighted by Crippen LogP contribution is 2.26. The lowest BCUT2D eigenvalue weighted by molar-refractivity contribution is 0.175. The Hall–Kier alpha value is -1.98. The number of nitrogens with zero attached hydrogens (tertiary/aromatic N) is 2. The SMILES string of the molecule is Fc1cccc(CC2CCN(Cc3coc(-c4cccs4)n3)CC2)c1. The quantitative estimate of drug-likeness (QED) is 0.644. The third-order valence-corrected chi connectivity index (χ3v) is 5.65. The standard InChI is InChI=1S/C20H21FN2OS/c21-17-4-1-3-16(12-17)11-15-6-8-23(9-7-15)13-18-14-24-20(22-18)19-5-2-10-25-19/h1-5,10,12,14-15H,6-9,11,13H2. The van der Waals surface area contributed by atoms with E-state index < -0.39 is 0 Å². The van der Waals surface area contributed by atoms with Crippen LogP contribution in [0.2, 0.25) is 0 Å². The molecule has 0 spiro atoms. The van der Waals surface area contributed by atoms with Gasteiger partial charge in [-0.3, -0.25) is 4.90 Å². The lowest BCUT2D eigenvalue weighted by Crippen LogP contribution is -2.33. The van der Waals surface area contributed by atoms with E-state index in [0.29, 0.717) is 11.8 Å². The molecule has 0 unspecified atom stereocenters. The van der Waals surface area contributed by atoms with Gasteiger partial charge in [0.15, 0.2) is 0 Å². The zero-order valence-electron chi connectivity index (χ0n) is 14.0. The maximum atomic E-state index is 13.3. The van der Waals surface area contributed by atoms with Crippen LogP contribution in [-0.4, -0.2) is 23.0 Å². The highest BCUT2D eigenvalue weighted by atomic mass is 32.1. The number of thiophene rings is 1. The number of aromatic nitrogens is 1. The zero-order valence-corrected chi connectivity index (χ0v) is 14.8. The van der Waals surface area contributed by atoms with Crippen LogP contribution < -0.4 is 0 Å². The van der Waals surface area contributed by atoms with Crippen LogP contribution in [-0.2, 0) is 13.0 Å². The van der Waals surface area contributed by atoms with Gasteiger partial charge in [0, 0.05) is 6.54 Å². The number of piperidine rings is 1. The minimum Gasteiger partial charge on any atom is -0.444 e. The number of hydrogen-bond acceptors (Lipinski definition) is 4.